The lowest BCUT2D eigenvalue weighted by molar-refractivity contribution is -0.224. The first-order valence-corrected chi connectivity index (χ1v) is 11.7. The SMILES string of the molecule is CC(=O)O[C@@H]([C@@H]1OC(S(=O)(=O)O)C[C@H](NCC(=O)OCc2ccccc2)[C@H]1N)[C@H](O)OC(C)=O. The average molecular weight is 505 g/mol. The maximum atomic E-state index is 12.1. The molecule has 0 saturated carbocycles. The van der Waals surface area contributed by atoms with Gasteiger partial charge in [-0.05, 0) is 5.56 Å². The third kappa shape index (κ3) is 8.30. The van der Waals surface area contributed by atoms with Gasteiger partial charge in [0.25, 0.3) is 10.1 Å². The molecule has 2 rings (SSSR count). The zero-order valence-corrected chi connectivity index (χ0v) is 19.3. The Bertz CT molecular complexity index is 957. The second-order valence-corrected chi connectivity index (χ2v) is 9.12. The number of hydrogen-bond acceptors (Lipinski definition) is 12. The van der Waals surface area contributed by atoms with E-state index in [1.807, 2.05) is 6.07 Å². The molecule has 190 valence electrons. The summed E-state index contributed by atoms with van der Waals surface area (Å²) in [5.41, 5.74) is 5.09. The van der Waals surface area contributed by atoms with Gasteiger partial charge in [0, 0.05) is 26.3 Å². The van der Waals surface area contributed by atoms with E-state index in [0.29, 0.717) is 0 Å². The summed E-state index contributed by atoms with van der Waals surface area (Å²) in [6.45, 7) is 1.63. The first-order chi connectivity index (χ1) is 15.9. The summed E-state index contributed by atoms with van der Waals surface area (Å²) in [6.07, 6.45) is -5.69. The van der Waals surface area contributed by atoms with Crippen LogP contribution in [0.1, 0.15) is 25.8 Å². The molecular weight excluding hydrogens is 476 g/mol. The predicted octanol–water partition coefficient (Wildman–Crippen LogP) is -1.17. The molecule has 0 radical (unpaired) electrons. The van der Waals surface area contributed by atoms with Gasteiger partial charge >= 0.3 is 17.9 Å². The van der Waals surface area contributed by atoms with Crippen molar-refractivity contribution in [2.45, 2.75) is 62.9 Å². The number of nitrogens with two attached hydrogens (primary N) is 1. The van der Waals surface area contributed by atoms with Gasteiger partial charge in [0.2, 0.25) is 6.29 Å². The van der Waals surface area contributed by atoms with Crippen molar-refractivity contribution < 1.29 is 51.4 Å². The fourth-order valence-corrected chi connectivity index (χ4v) is 4.06. The summed E-state index contributed by atoms with van der Waals surface area (Å²) < 4.78 is 53.2. The third-order valence-corrected chi connectivity index (χ3v) is 5.84. The molecule has 1 unspecified atom stereocenters. The van der Waals surface area contributed by atoms with Crippen molar-refractivity contribution in [3.8, 4) is 0 Å². The quantitative estimate of drug-likeness (QED) is 0.129. The van der Waals surface area contributed by atoms with Crippen LogP contribution in [-0.4, -0.2) is 78.5 Å². The third-order valence-electron chi connectivity index (χ3n) is 4.88. The van der Waals surface area contributed by atoms with Gasteiger partial charge in [0.1, 0.15) is 12.7 Å². The summed E-state index contributed by atoms with van der Waals surface area (Å²) in [5, 5.41) is 13.0. The number of aliphatic hydroxyl groups is 1. The molecule has 14 heteroatoms. The molecule has 0 spiro atoms. The molecule has 34 heavy (non-hydrogen) atoms. The van der Waals surface area contributed by atoms with Crippen molar-refractivity contribution in [3.05, 3.63) is 35.9 Å². The number of carbonyl (C=O) groups excluding carboxylic acids is 3. The number of carbonyl (C=O) groups is 3. The van der Waals surface area contributed by atoms with Crippen LogP contribution in [-0.2, 0) is 50.1 Å². The number of esters is 3. The van der Waals surface area contributed by atoms with Crippen LogP contribution in [0.15, 0.2) is 30.3 Å². The van der Waals surface area contributed by atoms with Crippen LogP contribution in [0.3, 0.4) is 0 Å². The van der Waals surface area contributed by atoms with Gasteiger partial charge in [-0.3, -0.25) is 18.9 Å². The Morgan fingerprint density at radius 3 is 2.35 bits per heavy atom. The zero-order chi connectivity index (χ0) is 25.5. The zero-order valence-electron chi connectivity index (χ0n) is 18.5. The molecule has 0 bridgehead atoms. The Kier molecular flexibility index (Phi) is 9.90. The minimum Gasteiger partial charge on any atom is -0.460 e. The van der Waals surface area contributed by atoms with Crippen LogP contribution in [0.2, 0.25) is 0 Å². The Morgan fingerprint density at radius 1 is 1.18 bits per heavy atom. The van der Waals surface area contributed by atoms with Gasteiger partial charge in [-0.1, -0.05) is 30.3 Å². The lowest BCUT2D eigenvalue weighted by atomic mass is 9.93. The number of rotatable bonds is 10. The number of nitrogens with one attached hydrogen (secondary N) is 1. The highest BCUT2D eigenvalue weighted by Crippen LogP contribution is 2.27. The number of benzene rings is 1. The minimum absolute atomic E-state index is 0.0144. The van der Waals surface area contributed by atoms with E-state index in [1.165, 1.54) is 0 Å². The molecule has 5 N–H and O–H groups in total. The largest absolute Gasteiger partial charge is 0.460 e. The Balaban J connectivity index is 2.14. The predicted molar refractivity (Wildman–Crippen MR) is 114 cm³/mol. The second-order valence-electron chi connectivity index (χ2n) is 7.57. The van der Waals surface area contributed by atoms with Crippen LogP contribution in [0, 0.1) is 0 Å². The molecule has 1 heterocycles. The van der Waals surface area contributed by atoms with Crippen LogP contribution < -0.4 is 11.1 Å². The normalized spacial score (nSPS) is 24.5. The highest BCUT2D eigenvalue weighted by Gasteiger charge is 2.48. The molecule has 13 nitrogen and oxygen atoms in total. The van der Waals surface area contributed by atoms with E-state index in [2.05, 4.69) is 10.1 Å². The molecule has 1 fully saturated rings. The molecular formula is C20H28N2O11S. The van der Waals surface area contributed by atoms with Crippen molar-refractivity contribution in [2.24, 2.45) is 5.73 Å². The van der Waals surface area contributed by atoms with Crippen molar-refractivity contribution in [2.75, 3.05) is 6.54 Å². The fourth-order valence-electron chi connectivity index (χ4n) is 3.34. The van der Waals surface area contributed by atoms with Gasteiger partial charge < -0.3 is 35.1 Å². The topological polar surface area (TPSA) is 201 Å². The molecule has 0 aromatic heterocycles. The van der Waals surface area contributed by atoms with Crippen LogP contribution in [0.4, 0.5) is 0 Å². The number of ether oxygens (including phenoxy) is 4. The molecule has 1 aliphatic rings. The van der Waals surface area contributed by atoms with E-state index in [-0.39, 0.29) is 19.6 Å². The van der Waals surface area contributed by atoms with Crippen LogP contribution >= 0.6 is 0 Å². The number of aliphatic hydroxyl groups excluding tert-OH is 1. The molecule has 6 atom stereocenters. The van der Waals surface area contributed by atoms with Crippen molar-refractivity contribution in [1.29, 1.82) is 0 Å². The molecule has 1 aliphatic heterocycles. The summed E-state index contributed by atoms with van der Waals surface area (Å²) in [4.78, 5) is 34.9. The molecule has 1 aromatic rings. The van der Waals surface area contributed by atoms with Gasteiger partial charge in [0.05, 0.1) is 12.6 Å². The summed E-state index contributed by atoms with van der Waals surface area (Å²) in [6, 6.07) is 6.75. The first-order valence-electron chi connectivity index (χ1n) is 10.2. The highest BCUT2D eigenvalue weighted by molar-refractivity contribution is 7.86. The lowest BCUT2D eigenvalue weighted by Gasteiger charge is -2.42. The van der Waals surface area contributed by atoms with Gasteiger partial charge in [-0.2, -0.15) is 8.42 Å². The molecule has 1 saturated heterocycles. The Hall–Kier alpha value is -2.62. The van der Waals surface area contributed by atoms with E-state index in [9.17, 15) is 32.5 Å². The van der Waals surface area contributed by atoms with E-state index >= 15 is 0 Å². The van der Waals surface area contributed by atoms with Crippen LogP contribution in [0.5, 0.6) is 0 Å². The molecule has 1 aromatic carbocycles. The molecule has 0 aliphatic carbocycles. The van der Waals surface area contributed by atoms with Crippen molar-refractivity contribution in [1.82, 2.24) is 5.32 Å². The Morgan fingerprint density at radius 2 is 1.79 bits per heavy atom. The standard InChI is InChI=1S/C20H28N2O11S/c1-11(23)31-19(20(26)32-12(2)24)18-17(21)14(8-16(33-18)34(27,28)29)22-9-15(25)30-10-13-6-4-3-5-7-13/h3-7,14,16-20,22,26H,8-10,21H2,1-2H3,(H,27,28,29)/t14-,16?,17+,18+,19-,20+/m0/s1. The second kappa shape index (κ2) is 12.2. The van der Waals surface area contributed by atoms with E-state index in [4.69, 9.17) is 19.9 Å². The maximum Gasteiger partial charge on any atom is 0.320 e. The minimum atomic E-state index is -4.77. The maximum absolute atomic E-state index is 12.1. The summed E-state index contributed by atoms with van der Waals surface area (Å²) in [5.74, 6) is -2.50. The van der Waals surface area contributed by atoms with Gasteiger partial charge in [-0.15, -0.1) is 0 Å². The van der Waals surface area contributed by atoms with E-state index in [0.717, 1.165) is 19.4 Å². The first kappa shape index (κ1) is 27.6. The summed E-state index contributed by atoms with van der Waals surface area (Å²) in [7, 11) is -4.77. The fraction of sp³-hybridized carbons (Fsp3) is 0.550. The van der Waals surface area contributed by atoms with Crippen molar-refractivity contribution in [3.63, 3.8) is 0 Å². The smallest absolute Gasteiger partial charge is 0.320 e. The van der Waals surface area contributed by atoms with Crippen LogP contribution in [0.25, 0.3) is 0 Å². The highest BCUT2D eigenvalue weighted by atomic mass is 32.2. The molecule has 0 amide bonds. The Labute approximate surface area is 196 Å². The lowest BCUT2D eigenvalue weighted by Crippen LogP contribution is -2.65. The van der Waals surface area contributed by atoms with E-state index in [1.54, 1.807) is 24.3 Å². The van der Waals surface area contributed by atoms with Crippen molar-refractivity contribution >= 4 is 28.0 Å². The van der Waals surface area contributed by atoms with E-state index < -0.39 is 64.0 Å². The number of hydrogen-bond donors (Lipinski definition) is 4. The van der Waals surface area contributed by atoms with Gasteiger partial charge in [0.15, 0.2) is 11.5 Å². The van der Waals surface area contributed by atoms with Gasteiger partial charge in [-0.25, -0.2) is 0 Å². The average Bonchev–Trinajstić information content (AvgIpc) is 2.74. The summed E-state index contributed by atoms with van der Waals surface area (Å²) >= 11 is 0. The monoisotopic (exact) mass is 504 g/mol.